The molecule has 1 aliphatic rings. The molecule has 2 N–H and O–H groups in total. The Labute approximate surface area is 156 Å². The molecule has 0 unspecified atom stereocenters. The van der Waals surface area contributed by atoms with E-state index in [-0.39, 0.29) is 18.2 Å². The molecule has 0 spiro atoms. The number of urea groups is 1. The minimum Gasteiger partial charge on any atom is -0.493 e. The Morgan fingerprint density at radius 2 is 2.19 bits per heavy atom. The lowest BCUT2D eigenvalue weighted by Gasteiger charge is -2.20. The van der Waals surface area contributed by atoms with E-state index in [2.05, 4.69) is 15.6 Å². The van der Waals surface area contributed by atoms with E-state index in [4.69, 9.17) is 25.8 Å². The number of benzene rings is 1. The van der Waals surface area contributed by atoms with Gasteiger partial charge in [-0.15, -0.1) is 0 Å². The summed E-state index contributed by atoms with van der Waals surface area (Å²) in [7, 11) is 4.90. The van der Waals surface area contributed by atoms with Gasteiger partial charge in [-0.3, -0.25) is 0 Å². The van der Waals surface area contributed by atoms with Crippen molar-refractivity contribution in [1.82, 2.24) is 14.9 Å². The standard InChI is InChI=1S/C17H21ClN4O4/c1-22-6-5-19-16(22)15-12(4-7-26-15)21-17(23)20-10-8-11(18)14(25-3)13(9-10)24-2/h5-6,8-9,12,15H,4,7H2,1-3H3,(H2,20,21,23)/t12-,15-/m1/s1. The Hall–Kier alpha value is -2.45. The molecule has 8 nitrogen and oxygen atoms in total. The third-order valence-electron chi connectivity index (χ3n) is 4.21. The van der Waals surface area contributed by atoms with Crippen molar-refractivity contribution in [2.45, 2.75) is 18.6 Å². The zero-order valence-electron chi connectivity index (χ0n) is 14.8. The first-order chi connectivity index (χ1) is 12.5. The van der Waals surface area contributed by atoms with Crippen molar-refractivity contribution in [3.63, 3.8) is 0 Å². The highest BCUT2D eigenvalue weighted by atomic mass is 35.5. The van der Waals surface area contributed by atoms with Gasteiger partial charge < -0.3 is 29.4 Å². The molecule has 2 heterocycles. The van der Waals surface area contributed by atoms with Gasteiger partial charge in [-0.05, 0) is 12.5 Å². The van der Waals surface area contributed by atoms with Gasteiger partial charge in [0, 0.05) is 37.8 Å². The number of nitrogens with zero attached hydrogens (tertiary/aromatic N) is 2. The van der Waals surface area contributed by atoms with E-state index in [0.717, 1.165) is 5.82 Å². The molecule has 2 atom stereocenters. The topological polar surface area (TPSA) is 86.6 Å². The summed E-state index contributed by atoms with van der Waals surface area (Å²) < 4.78 is 18.1. The molecule has 0 radical (unpaired) electrons. The fourth-order valence-electron chi connectivity index (χ4n) is 2.97. The minimum atomic E-state index is -0.358. The van der Waals surface area contributed by atoms with Crippen LogP contribution in [0.25, 0.3) is 0 Å². The van der Waals surface area contributed by atoms with Crippen LogP contribution in [0.3, 0.4) is 0 Å². The normalized spacial score (nSPS) is 19.2. The predicted molar refractivity (Wildman–Crippen MR) is 97.0 cm³/mol. The molecule has 3 rings (SSSR count). The van der Waals surface area contributed by atoms with Crippen LogP contribution < -0.4 is 20.1 Å². The maximum Gasteiger partial charge on any atom is 0.319 e. The SMILES string of the molecule is COc1cc(NC(=O)N[C@@H]2CCO[C@H]2c2nccn2C)cc(Cl)c1OC. The van der Waals surface area contributed by atoms with Crippen molar-refractivity contribution in [2.75, 3.05) is 26.1 Å². The molecule has 0 aliphatic carbocycles. The number of rotatable bonds is 5. The Balaban J connectivity index is 1.69. The van der Waals surface area contributed by atoms with Crippen molar-refractivity contribution < 1.29 is 19.0 Å². The monoisotopic (exact) mass is 380 g/mol. The van der Waals surface area contributed by atoms with Gasteiger partial charge in [0.2, 0.25) is 0 Å². The van der Waals surface area contributed by atoms with Gasteiger partial charge in [0.25, 0.3) is 0 Å². The number of aromatic nitrogens is 2. The van der Waals surface area contributed by atoms with Gasteiger partial charge in [-0.25, -0.2) is 9.78 Å². The van der Waals surface area contributed by atoms with Crippen molar-refractivity contribution in [2.24, 2.45) is 7.05 Å². The second kappa shape index (κ2) is 7.84. The Morgan fingerprint density at radius 1 is 1.38 bits per heavy atom. The highest BCUT2D eigenvalue weighted by Crippen LogP contribution is 2.37. The van der Waals surface area contributed by atoms with Crippen LogP contribution in [-0.4, -0.2) is 42.5 Å². The summed E-state index contributed by atoms with van der Waals surface area (Å²) in [6, 6.07) is 2.71. The molecule has 140 valence electrons. The molecule has 2 aromatic rings. The number of imidazole rings is 1. The highest BCUT2D eigenvalue weighted by Gasteiger charge is 2.33. The first-order valence-electron chi connectivity index (χ1n) is 8.11. The number of methoxy groups -OCH3 is 2. The number of hydrogen-bond acceptors (Lipinski definition) is 5. The lowest BCUT2D eigenvalue weighted by molar-refractivity contribution is 0.0913. The van der Waals surface area contributed by atoms with E-state index in [9.17, 15) is 4.79 Å². The van der Waals surface area contributed by atoms with Gasteiger partial charge in [-0.2, -0.15) is 0 Å². The molecule has 2 amide bonds. The van der Waals surface area contributed by atoms with Crippen molar-refractivity contribution in [3.8, 4) is 11.5 Å². The number of halogens is 1. The lowest BCUT2D eigenvalue weighted by atomic mass is 10.1. The molecular formula is C17H21ClN4O4. The average molecular weight is 381 g/mol. The smallest absolute Gasteiger partial charge is 0.319 e. The summed E-state index contributed by atoms with van der Waals surface area (Å²) in [5.41, 5.74) is 0.498. The first-order valence-corrected chi connectivity index (χ1v) is 8.49. The van der Waals surface area contributed by atoms with E-state index in [1.165, 1.54) is 14.2 Å². The Morgan fingerprint density at radius 3 is 2.85 bits per heavy atom. The number of amides is 2. The van der Waals surface area contributed by atoms with Crippen LogP contribution in [0.5, 0.6) is 11.5 Å². The second-order valence-corrected chi connectivity index (χ2v) is 6.28. The maximum absolute atomic E-state index is 12.4. The Kier molecular flexibility index (Phi) is 5.53. The summed E-state index contributed by atoms with van der Waals surface area (Å²) in [6.07, 6.45) is 3.98. The van der Waals surface area contributed by atoms with Crippen LogP contribution in [0.15, 0.2) is 24.5 Å². The van der Waals surface area contributed by atoms with E-state index in [1.54, 1.807) is 18.3 Å². The van der Waals surface area contributed by atoms with Gasteiger partial charge in [0.15, 0.2) is 11.5 Å². The van der Waals surface area contributed by atoms with E-state index < -0.39 is 0 Å². The molecule has 1 aliphatic heterocycles. The molecule has 0 bridgehead atoms. The van der Waals surface area contributed by atoms with E-state index in [1.807, 2.05) is 17.8 Å². The summed E-state index contributed by atoms with van der Waals surface area (Å²) in [5, 5.41) is 6.04. The summed E-state index contributed by atoms with van der Waals surface area (Å²) in [6.45, 7) is 0.560. The molecule has 1 aromatic carbocycles. The van der Waals surface area contributed by atoms with Gasteiger partial charge >= 0.3 is 6.03 Å². The first kappa shape index (κ1) is 18.3. The van der Waals surface area contributed by atoms with E-state index >= 15 is 0 Å². The zero-order chi connectivity index (χ0) is 18.7. The fraction of sp³-hybridized carbons (Fsp3) is 0.412. The number of carbonyl (C=O) groups excluding carboxylic acids is 1. The van der Waals surface area contributed by atoms with Crippen molar-refractivity contribution in [3.05, 3.63) is 35.4 Å². The third-order valence-corrected chi connectivity index (χ3v) is 4.49. The molecule has 0 saturated carbocycles. The zero-order valence-corrected chi connectivity index (χ0v) is 15.5. The number of aryl methyl sites for hydroxylation is 1. The molecule has 9 heteroatoms. The van der Waals surface area contributed by atoms with Crippen LogP contribution in [0.2, 0.25) is 5.02 Å². The molecule has 1 saturated heterocycles. The number of ether oxygens (including phenoxy) is 3. The minimum absolute atomic E-state index is 0.174. The van der Waals surface area contributed by atoms with Crippen LogP contribution in [0, 0.1) is 0 Å². The van der Waals surface area contributed by atoms with Crippen LogP contribution in [0.1, 0.15) is 18.3 Å². The van der Waals surface area contributed by atoms with Gasteiger partial charge in [-0.1, -0.05) is 11.6 Å². The fourth-order valence-corrected chi connectivity index (χ4v) is 3.26. The number of nitrogens with one attached hydrogen (secondary N) is 2. The lowest BCUT2D eigenvalue weighted by Crippen LogP contribution is -2.40. The second-order valence-electron chi connectivity index (χ2n) is 5.87. The van der Waals surface area contributed by atoms with Crippen LogP contribution >= 0.6 is 11.6 Å². The number of hydrogen-bond donors (Lipinski definition) is 2. The molecule has 26 heavy (non-hydrogen) atoms. The quantitative estimate of drug-likeness (QED) is 0.832. The van der Waals surface area contributed by atoms with Crippen molar-refractivity contribution >= 4 is 23.3 Å². The van der Waals surface area contributed by atoms with E-state index in [0.29, 0.717) is 35.2 Å². The average Bonchev–Trinajstić information content (AvgIpc) is 3.22. The Bertz CT molecular complexity index is 795. The third kappa shape index (κ3) is 3.71. The number of anilines is 1. The molecule has 1 aromatic heterocycles. The summed E-state index contributed by atoms with van der Waals surface area (Å²) in [4.78, 5) is 16.7. The van der Waals surface area contributed by atoms with Gasteiger partial charge in [0.1, 0.15) is 11.9 Å². The maximum atomic E-state index is 12.4. The van der Waals surface area contributed by atoms with Crippen LogP contribution in [-0.2, 0) is 11.8 Å². The van der Waals surface area contributed by atoms with Crippen LogP contribution in [0.4, 0.5) is 10.5 Å². The summed E-state index contributed by atoms with van der Waals surface area (Å²) >= 11 is 6.17. The predicted octanol–water partition coefficient (Wildman–Crippen LogP) is 2.74. The summed E-state index contributed by atoms with van der Waals surface area (Å²) in [5.74, 6) is 1.63. The largest absolute Gasteiger partial charge is 0.493 e. The number of carbonyl (C=O) groups is 1. The molecular weight excluding hydrogens is 360 g/mol. The van der Waals surface area contributed by atoms with Crippen molar-refractivity contribution in [1.29, 1.82) is 0 Å². The van der Waals surface area contributed by atoms with Gasteiger partial charge in [0.05, 0.1) is 25.3 Å². The molecule has 1 fully saturated rings. The highest BCUT2D eigenvalue weighted by molar-refractivity contribution is 6.32.